The Balaban J connectivity index is 1.86. The van der Waals surface area contributed by atoms with E-state index in [1.807, 2.05) is 0 Å². The van der Waals surface area contributed by atoms with Gasteiger partial charge in [0.2, 0.25) is 5.91 Å². The van der Waals surface area contributed by atoms with Crippen LogP contribution in [0.5, 0.6) is 0 Å². The summed E-state index contributed by atoms with van der Waals surface area (Å²) < 4.78 is 0. The van der Waals surface area contributed by atoms with Gasteiger partial charge in [-0.2, -0.15) is 0 Å². The lowest BCUT2D eigenvalue weighted by atomic mass is 9.86. The van der Waals surface area contributed by atoms with Crippen molar-refractivity contribution in [1.82, 2.24) is 4.90 Å². The van der Waals surface area contributed by atoms with Crippen molar-refractivity contribution in [2.45, 2.75) is 52.4 Å². The van der Waals surface area contributed by atoms with Gasteiger partial charge < -0.3 is 10.0 Å². The maximum Gasteiger partial charge on any atom is 0.305 e. The zero-order chi connectivity index (χ0) is 14.7. The molecule has 2 aliphatic carbocycles. The molecule has 2 bridgehead atoms. The van der Waals surface area contributed by atoms with E-state index < -0.39 is 5.97 Å². The Kier molecular flexibility index (Phi) is 5.06. The molecule has 2 saturated carbocycles. The molecule has 0 aromatic rings. The van der Waals surface area contributed by atoms with Gasteiger partial charge in [-0.05, 0) is 42.9 Å². The highest BCUT2D eigenvalue weighted by atomic mass is 16.4. The van der Waals surface area contributed by atoms with Gasteiger partial charge in [0.15, 0.2) is 0 Å². The van der Waals surface area contributed by atoms with Crippen LogP contribution in [0.1, 0.15) is 52.4 Å². The van der Waals surface area contributed by atoms with Crippen molar-refractivity contribution in [2.24, 2.45) is 23.7 Å². The number of hydrogen-bond donors (Lipinski definition) is 1. The number of aliphatic carboxylic acids is 1. The van der Waals surface area contributed by atoms with E-state index >= 15 is 0 Å². The second-order valence-corrected chi connectivity index (χ2v) is 7.02. The molecule has 3 unspecified atom stereocenters. The van der Waals surface area contributed by atoms with E-state index in [9.17, 15) is 9.59 Å². The summed E-state index contributed by atoms with van der Waals surface area (Å²) in [6, 6.07) is 0. The summed E-state index contributed by atoms with van der Waals surface area (Å²) in [6.07, 6.45) is 5.86. The van der Waals surface area contributed by atoms with Gasteiger partial charge in [0.25, 0.3) is 0 Å². The summed E-state index contributed by atoms with van der Waals surface area (Å²) in [5, 5.41) is 8.81. The number of carboxylic acids is 1. The van der Waals surface area contributed by atoms with Crippen LogP contribution in [0.15, 0.2) is 0 Å². The average molecular weight is 281 g/mol. The fraction of sp³-hybridized carbons (Fsp3) is 0.875. The van der Waals surface area contributed by atoms with Gasteiger partial charge >= 0.3 is 5.97 Å². The first-order chi connectivity index (χ1) is 9.45. The first-order valence-corrected chi connectivity index (χ1v) is 7.95. The minimum Gasteiger partial charge on any atom is -0.481 e. The van der Waals surface area contributed by atoms with Crippen molar-refractivity contribution in [2.75, 3.05) is 13.1 Å². The summed E-state index contributed by atoms with van der Waals surface area (Å²) in [5.74, 6) is 1.89. The normalized spacial score (nSPS) is 28.1. The molecular weight excluding hydrogens is 254 g/mol. The van der Waals surface area contributed by atoms with E-state index in [1.165, 1.54) is 25.7 Å². The monoisotopic (exact) mass is 281 g/mol. The van der Waals surface area contributed by atoms with Crippen LogP contribution < -0.4 is 0 Å². The second-order valence-electron chi connectivity index (χ2n) is 7.02. The Morgan fingerprint density at radius 2 is 2.00 bits per heavy atom. The van der Waals surface area contributed by atoms with Crippen LogP contribution in [0.3, 0.4) is 0 Å². The van der Waals surface area contributed by atoms with Crippen LogP contribution in [0.25, 0.3) is 0 Å². The van der Waals surface area contributed by atoms with Crippen LogP contribution in [0.4, 0.5) is 0 Å². The fourth-order valence-corrected chi connectivity index (χ4v) is 3.97. The first kappa shape index (κ1) is 15.3. The van der Waals surface area contributed by atoms with Gasteiger partial charge in [0.1, 0.15) is 0 Å². The molecule has 2 rings (SSSR count). The third kappa shape index (κ3) is 3.97. The van der Waals surface area contributed by atoms with Crippen molar-refractivity contribution in [3.63, 3.8) is 0 Å². The predicted octanol–water partition coefficient (Wildman–Crippen LogP) is 2.77. The molecule has 2 fully saturated rings. The molecule has 1 N–H and O–H groups in total. The summed E-state index contributed by atoms with van der Waals surface area (Å²) >= 11 is 0. The van der Waals surface area contributed by atoms with Crippen LogP contribution >= 0.6 is 0 Å². The maximum absolute atomic E-state index is 12.5. The molecule has 20 heavy (non-hydrogen) atoms. The molecule has 1 amide bonds. The van der Waals surface area contributed by atoms with E-state index in [2.05, 4.69) is 13.8 Å². The zero-order valence-corrected chi connectivity index (χ0v) is 12.7. The van der Waals surface area contributed by atoms with E-state index in [0.29, 0.717) is 31.3 Å². The third-order valence-corrected chi connectivity index (χ3v) is 4.86. The second kappa shape index (κ2) is 6.59. The van der Waals surface area contributed by atoms with Crippen molar-refractivity contribution < 1.29 is 14.7 Å². The van der Waals surface area contributed by atoms with Crippen molar-refractivity contribution >= 4 is 11.9 Å². The summed E-state index contributed by atoms with van der Waals surface area (Å²) in [6.45, 7) is 5.16. The number of amides is 1. The van der Waals surface area contributed by atoms with Gasteiger partial charge in [-0.25, -0.2) is 0 Å². The molecule has 0 aliphatic heterocycles. The molecule has 0 saturated heterocycles. The lowest BCUT2D eigenvalue weighted by Gasteiger charge is -2.28. The van der Waals surface area contributed by atoms with Crippen molar-refractivity contribution in [3.05, 3.63) is 0 Å². The Hall–Kier alpha value is -1.06. The van der Waals surface area contributed by atoms with Gasteiger partial charge in [-0.15, -0.1) is 0 Å². The quantitative estimate of drug-likeness (QED) is 0.780. The summed E-state index contributed by atoms with van der Waals surface area (Å²) in [5.41, 5.74) is 0. The molecule has 3 atom stereocenters. The molecule has 4 heteroatoms. The van der Waals surface area contributed by atoms with Crippen molar-refractivity contribution in [1.29, 1.82) is 0 Å². The van der Waals surface area contributed by atoms with Crippen LogP contribution in [-0.2, 0) is 9.59 Å². The summed E-state index contributed by atoms with van der Waals surface area (Å²) in [7, 11) is 0. The lowest BCUT2D eigenvalue weighted by molar-refractivity contribution is -0.139. The molecule has 0 radical (unpaired) electrons. The lowest BCUT2D eigenvalue weighted by Crippen LogP contribution is -2.37. The molecule has 0 aromatic carbocycles. The first-order valence-electron chi connectivity index (χ1n) is 7.95. The molecule has 114 valence electrons. The van der Waals surface area contributed by atoms with Gasteiger partial charge in [0.05, 0.1) is 6.42 Å². The highest BCUT2D eigenvalue weighted by Gasteiger charge is 2.40. The van der Waals surface area contributed by atoms with Crippen molar-refractivity contribution in [3.8, 4) is 0 Å². The van der Waals surface area contributed by atoms with E-state index in [4.69, 9.17) is 5.11 Å². The number of carbonyl (C=O) groups is 2. The third-order valence-electron chi connectivity index (χ3n) is 4.86. The van der Waals surface area contributed by atoms with Gasteiger partial charge in [-0.3, -0.25) is 9.59 Å². The zero-order valence-electron chi connectivity index (χ0n) is 12.7. The smallest absolute Gasteiger partial charge is 0.305 e. The van der Waals surface area contributed by atoms with Crippen LogP contribution in [0.2, 0.25) is 0 Å². The van der Waals surface area contributed by atoms with Crippen LogP contribution in [0, 0.1) is 23.7 Å². The molecule has 0 heterocycles. The van der Waals surface area contributed by atoms with E-state index in [1.54, 1.807) is 4.90 Å². The summed E-state index contributed by atoms with van der Waals surface area (Å²) in [4.78, 5) is 24.9. The predicted molar refractivity (Wildman–Crippen MR) is 77.2 cm³/mol. The minimum absolute atomic E-state index is 0.0508. The Labute approximate surface area is 121 Å². The van der Waals surface area contributed by atoms with Gasteiger partial charge in [0, 0.05) is 19.5 Å². The average Bonchev–Trinajstić information content (AvgIpc) is 2.95. The Bertz CT molecular complexity index is 367. The maximum atomic E-state index is 12.5. The number of rotatable bonds is 7. The van der Waals surface area contributed by atoms with Crippen LogP contribution in [-0.4, -0.2) is 35.0 Å². The number of nitrogens with zero attached hydrogens (tertiary/aromatic N) is 1. The van der Waals surface area contributed by atoms with E-state index in [-0.39, 0.29) is 12.3 Å². The topological polar surface area (TPSA) is 57.6 Å². The molecular formula is C16H27NO3. The Morgan fingerprint density at radius 3 is 2.50 bits per heavy atom. The Morgan fingerprint density at radius 1 is 1.25 bits per heavy atom. The molecule has 0 spiro atoms. The number of carbonyl (C=O) groups excluding carboxylic acids is 1. The molecule has 0 aromatic heterocycles. The van der Waals surface area contributed by atoms with E-state index in [0.717, 1.165) is 11.8 Å². The molecule has 4 nitrogen and oxygen atoms in total. The number of fused-ring (bicyclic) bond motifs is 2. The van der Waals surface area contributed by atoms with Gasteiger partial charge in [-0.1, -0.05) is 20.3 Å². The number of carboxylic acid groups (broad SMARTS) is 1. The molecule has 2 aliphatic rings. The SMILES string of the molecule is CC(C)CN(CCC(=O)O)C(=O)CC1CC2CCC1C2. The standard InChI is InChI=1S/C16H27NO3/c1-11(2)10-17(6-5-16(19)20)15(18)9-14-8-12-3-4-13(14)7-12/h11-14H,3-10H2,1-2H3,(H,19,20). The number of hydrogen-bond acceptors (Lipinski definition) is 2. The highest BCUT2D eigenvalue weighted by molar-refractivity contribution is 5.77. The largest absolute Gasteiger partial charge is 0.481 e. The highest BCUT2D eigenvalue weighted by Crippen LogP contribution is 2.49. The minimum atomic E-state index is -0.827. The fourth-order valence-electron chi connectivity index (χ4n) is 3.97.